The van der Waals surface area contributed by atoms with Crippen LogP contribution in [0.25, 0.3) is 22.2 Å². The highest BCUT2D eigenvalue weighted by molar-refractivity contribution is 6.09. The Morgan fingerprint density at radius 3 is 2.46 bits per heavy atom. The summed E-state index contributed by atoms with van der Waals surface area (Å²) in [6.07, 6.45) is 0. The molecule has 1 heterocycles. The molecule has 122 valence electrons. The number of fused-ring (bicyclic) bond motifs is 1. The van der Waals surface area contributed by atoms with Gasteiger partial charge in [0.2, 0.25) is 0 Å². The first-order valence-electron chi connectivity index (χ1n) is 7.62. The van der Waals surface area contributed by atoms with Crippen LogP contribution in [0.3, 0.4) is 0 Å². The molecule has 5 nitrogen and oxygen atoms in total. The lowest BCUT2D eigenvalue weighted by molar-refractivity contribution is 0.0994. The molecule has 1 amide bonds. The summed E-state index contributed by atoms with van der Waals surface area (Å²) >= 11 is 0. The van der Waals surface area contributed by atoms with Gasteiger partial charge in [0.15, 0.2) is 5.75 Å². The maximum atomic E-state index is 12.1. The molecule has 0 saturated heterocycles. The van der Waals surface area contributed by atoms with E-state index in [1.807, 2.05) is 54.6 Å². The zero-order valence-electron chi connectivity index (χ0n) is 13.4. The number of nitrogens with two attached hydrogens (primary N) is 1. The van der Waals surface area contributed by atoms with Gasteiger partial charge in [-0.1, -0.05) is 48.5 Å². The van der Waals surface area contributed by atoms with Crippen LogP contribution in [-0.4, -0.2) is 31.2 Å². The largest absolute Gasteiger partial charge is 0.488 e. The smallest absolute Gasteiger partial charge is 0.253 e. The van der Waals surface area contributed by atoms with Gasteiger partial charge < -0.3 is 15.2 Å². The Hall–Kier alpha value is -2.92. The Labute approximate surface area is 140 Å². The number of para-hydroxylation sites is 1. The Balaban J connectivity index is 2.27. The van der Waals surface area contributed by atoms with Crippen molar-refractivity contribution < 1.29 is 14.3 Å². The van der Waals surface area contributed by atoms with Crippen LogP contribution in [0.15, 0.2) is 54.6 Å². The summed E-state index contributed by atoms with van der Waals surface area (Å²) in [5, 5.41) is 0.678. The molecule has 0 radical (unpaired) electrons. The van der Waals surface area contributed by atoms with Crippen LogP contribution in [0.5, 0.6) is 5.75 Å². The van der Waals surface area contributed by atoms with Crippen molar-refractivity contribution in [2.24, 2.45) is 5.73 Å². The second kappa shape index (κ2) is 7.10. The van der Waals surface area contributed by atoms with Gasteiger partial charge in [0.05, 0.1) is 17.7 Å². The first kappa shape index (κ1) is 16.0. The molecule has 0 atom stereocenters. The first-order chi connectivity index (χ1) is 11.7. The van der Waals surface area contributed by atoms with Gasteiger partial charge in [0, 0.05) is 18.1 Å². The van der Waals surface area contributed by atoms with Crippen LogP contribution in [0.1, 0.15) is 10.4 Å². The van der Waals surface area contributed by atoms with E-state index < -0.39 is 5.91 Å². The van der Waals surface area contributed by atoms with Crippen LogP contribution in [-0.2, 0) is 4.74 Å². The lowest BCUT2D eigenvalue weighted by Gasteiger charge is -2.16. The molecule has 3 rings (SSSR count). The van der Waals surface area contributed by atoms with E-state index >= 15 is 0 Å². The minimum absolute atomic E-state index is 0.302. The normalized spacial score (nSPS) is 10.7. The average Bonchev–Trinajstić information content (AvgIpc) is 2.61. The first-order valence-corrected chi connectivity index (χ1v) is 7.62. The Kier molecular flexibility index (Phi) is 4.72. The third-order valence-electron chi connectivity index (χ3n) is 3.68. The highest BCUT2D eigenvalue weighted by Crippen LogP contribution is 2.36. The van der Waals surface area contributed by atoms with Crippen molar-refractivity contribution in [1.82, 2.24) is 4.98 Å². The minimum atomic E-state index is -0.543. The number of carbonyl (C=O) groups excluding carboxylic acids is 1. The van der Waals surface area contributed by atoms with E-state index in [1.54, 1.807) is 7.11 Å². The molecule has 0 spiro atoms. The second-order valence-electron chi connectivity index (χ2n) is 5.25. The third kappa shape index (κ3) is 3.07. The monoisotopic (exact) mass is 322 g/mol. The van der Waals surface area contributed by atoms with E-state index in [1.165, 1.54) is 0 Å². The number of carbonyl (C=O) groups is 1. The average molecular weight is 322 g/mol. The molecule has 3 aromatic rings. The lowest BCUT2D eigenvalue weighted by Crippen LogP contribution is -2.16. The number of amides is 1. The standard InChI is InChI=1S/C19H18N2O3/c1-23-11-12-24-18-16(19(20)22)14-9-5-6-10-15(14)21-17(18)13-7-3-2-4-8-13/h2-10H,11-12H2,1H3,(H2,20,22). The fourth-order valence-electron chi connectivity index (χ4n) is 2.60. The number of nitrogens with zero attached hydrogens (tertiary/aromatic N) is 1. The van der Waals surface area contributed by atoms with Gasteiger partial charge in [-0.25, -0.2) is 4.98 Å². The molecule has 0 aliphatic rings. The van der Waals surface area contributed by atoms with Crippen molar-refractivity contribution >= 4 is 16.8 Å². The summed E-state index contributed by atoms with van der Waals surface area (Å²) in [6.45, 7) is 0.704. The molecule has 1 aromatic heterocycles. The zero-order chi connectivity index (χ0) is 16.9. The molecular weight excluding hydrogens is 304 g/mol. The summed E-state index contributed by atoms with van der Waals surface area (Å²) in [4.78, 5) is 16.8. The van der Waals surface area contributed by atoms with Gasteiger partial charge in [0.1, 0.15) is 12.3 Å². The van der Waals surface area contributed by atoms with Gasteiger partial charge >= 0.3 is 0 Å². The van der Waals surface area contributed by atoms with Crippen molar-refractivity contribution in [3.05, 3.63) is 60.2 Å². The van der Waals surface area contributed by atoms with Crippen LogP contribution in [0, 0.1) is 0 Å². The topological polar surface area (TPSA) is 74.4 Å². The van der Waals surface area contributed by atoms with Crippen LogP contribution in [0.4, 0.5) is 0 Å². The van der Waals surface area contributed by atoms with Crippen molar-refractivity contribution in [3.8, 4) is 17.0 Å². The number of ether oxygens (including phenoxy) is 2. The van der Waals surface area contributed by atoms with E-state index in [4.69, 9.17) is 20.2 Å². The minimum Gasteiger partial charge on any atom is -0.488 e. The summed E-state index contributed by atoms with van der Waals surface area (Å²) in [5.74, 6) is -0.150. The third-order valence-corrected chi connectivity index (χ3v) is 3.68. The van der Waals surface area contributed by atoms with Gasteiger partial charge in [-0.15, -0.1) is 0 Å². The van der Waals surface area contributed by atoms with Gasteiger partial charge in [0.25, 0.3) is 5.91 Å². The molecule has 0 aliphatic carbocycles. The molecule has 0 saturated carbocycles. The molecule has 0 unspecified atom stereocenters. The number of hydrogen-bond donors (Lipinski definition) is 1. The predicted molar refractivity (Wildman–Crippen MR) is 93.1 cm³/mol. The van der Waals surface area contributed by atoms with E-state index in [-0.39, 0.29) is 0 Å². The van der Waals surface area contributed by atoms with Gasteiger partial charge in [-0.2, -0.15) is 0 Å². The van der Waals surface area contributed by atoms with Crippen LogP contribution in [0.2, 0.25) is 0 Å². The maximum Gasteiger partial charge on any atom is 0.253 e. The summed E-state index contributed by atoms with van der Waals surface area (Å²) in [5.41, 5.74) is 8.15. The number of aromatic nitrogens is 1. The lowest BCUT2D eigenvalue weighted by atomic mass is 10.0. The van der Waals surface area contributed by atoms with Crippen LogP contribution >= 0.6 is 0 Å². The number of methoxy groups -OCH3 is 1. The zero-order valence-corrected chi connectivity index (χ0v) is 13.4. The van der Waals surface area contributed by atoms with E-state index in [2.05, 4.69) is 0 Å². The summed E-state index contributed by atoms with van der Waals surface area (Å²) < 4.78 is 10.9. The number of hydrogen-bond acceptors (Lipinski definition) is 4. The van der Waals surface area contributed by atoms with Gasteiger partial charge in [-0.3, -0.25) is 4.79 Å². The molecule has 5 heteroatoms. The molecular formula is C19H18N2O3. The van der Waals surface area contributed by atoms with Crippen LogP contribution < -0.4 is 10.5 Å². The SMILES string of the molecule is COCCOc1c(-c2ccccc2)nc2ccccc2c1C(N)=O. The summed E-state index contributed by atoms with van der Waals surface area (Å²) in [7, 11) is 1.59. The van der Waals surface area contributed by atoms with E-state index in [9.17, 15) is 4.79 Å². The Bertz CT molecular complexity index is 863. The molecule has 2 aromatic carbocycles. The number of rotatable bonds is 6. The van der Waals surface area contributed by atoms with Crippen molar-refractivity contribution in [3.63, 3.8) is 0 Å². The van der Waals surface area contributed by atoms with Gasteiger partial charge in [-0.05, 0) is 6.07 Å². The molecule has 2 N–H and O–H groups in total. The van der Waals surface area contributed by atoms with Crippen molar-refractivity contribution in [1.29, 1.82) is 0 Å². The van der Waals surface area contributed by atoms with Crippen molar-refractivity contribution in [2.75, 3.05) is 20.3 Å². The summed E-state index contributed by atoms with van der Waals surface area (Å²) in [6, 6.07) is 17.0. The predicted octanol–water partition coefficient (Wildman–Crippen LogP) is 3.03. The number of benzene rings is 2. The fraction of sp³-hybridized carbons (Fsp3) is 0.158. The fourth-order valence-corrected chi connectivity index (χ4v) is 2.60. The highest BCUT2D eigenvalue weighted by atomic mass is 16.5. The maximum absolute atomic E-state index is 12.1. The Morgan fingerprint density at radius 1 is 1.04 bits per heavy atom. The molecule has 24 heavy (non-hydrogen) atoms. The van der Waals surface area contributed by atoms with E-state index in [0.29, 0.717) is 41.1 Å². The Morgan fingerprint density at radius 2 is 1.75 bits per heavy atom. The quantitative estimate of drug-likeness (QED) is 0.708. The molecule has 0 aliphatic heterocycles. The highest BCUT2D eigenvalue weighted by Gasteiger charge is 2.21. The number of pyridine rings is 1. The van der Waals surface area contributed by atoms with E-state index in [0.717, 1.165) is 5.56 Å². The second-order valence-corrected chi connectivity index (χ2v) is 5.25. The van der Waals surface area contributed by atoms with Crippen molar-refractivity contribution in [2.45, 2.75) is 0 Å². The molecule has 0 fully saturated rings. The molecule has 0 bridgehead atoms. The number of primary amides is 1.